The maximum atomic E-state index is 12.1. The fourth-order valence-electron chi connectivity index (χ4n) is 3.18. The SMILES string of the molecule is CC(NC(=O)NCc1cccc(CN2CCCC2=O)c1)c1ccccc1. The molecule has 0 radical (unpaired) electrons. The van der Waals surface area contributed by atoms with Crippen molar-refractivity contribution in [2.24, 2.45) is 0 Å². The average molecular weight is 351 g/mol. The molecular formula is C21H25N3O2. The van der Waals surface area contributed by atoms with E-state index in [1.54, 1.807) is 0 Å². The van der Waals surface area contributed by atoms with Gasteiger partial charge in [0.15, 0.2) is 0 Å². The van der Waals surface area contributed by atoms with E-state index in [2.05, 4.69) is 10.6 Å². The van der Waals surface area contributed by atoms with Gasteiger partial charge in [-0.25, -0.2) is 4.79 Å². The fourth-order valence-corrected chi connectivity index (χ4v) is 3.18. The maximum Gasteiger partial charge on any atom is 0.315 e. The third kappa shape index (κ3) is 4.85. The van der Waals surface area contributed by atoms with Gasteiger partial charge in [-0.3, -0.25) is 4.79 Å². The van der Waals surface area contributed by atoms with Crippen molar-refractivity contribution in [1.29, 1.82) is 0 Å². The fraction of sp³-hybridized carbons (Fsp3) is 0.333. The minimum Gasteiger partial charge on any atom is -0.338 e. The topological polar surface area (TPSA) is 61.4 Å². The van der Waals surface area contributed by atoms with Crippen LogP contribution < -0.4 is 10.6 Å². The summed E-state index contributed by atoms with van der Waals surface area (Å²) in [6.07, 6.45) is 1.60. The molecule has 2 N–H and O–H groups in total. The summed E-state index contributed by atoms with van der Waals surface area (Å²) in [6, 6.07) is 17.6. The van der Waals surface area contributed by atoms with Gasteiger partial charge in [-0.15, -0.1) is 0 Å². The number of carbonyl (C=O) groups excluding carboxylic acids is 2. The van der Waals surface area contributed by atoms with Crippen LogP contribution in [0.15, 0.2) is 54.6 Å². The van der Waals surface area contributed by atoms with E-state index in [4.69, 9.17) is 0 Å². The minimum absolute atomic E-state index is 0.0521. The number of urea groups is 1. The molecule has 0 aliphatic carbocycles. The highest BCUT2D eigenvalue weighted by atomic mass is 16.2. The van der Waals surface area contributed by atoms with Crippen LogP contribution in [-0.4, -0.2) is 23.4 Å². The molecule has 136 valence electrons. The Morgan fingerprint density at radius 2 is 1.88 bits per heavy atom. The zero-order valence-electron chi connectivity index (χ0n) is 15.1. The molecule has 26 heavy (non-hydrogen) atoms. The van der Waals surface area contributed by atoms with E-state index in [0.717, 1.165) is 29.7 Å². The first-order valence-corrected chi connectivity index (χ1v) is 9.07. The van der Waals surface area contributed by atoms with Gasteiger partial charge in [0, 0.05) is 26.1 Å². The zero-order chi connectivity index (χ0) is 18.4. The first kappa shape index (κ1) is 18.0. The van der Waals surface area contributed by atoms with Gasteiger partial charge in [0.05, 0.1) is 6.04 Å². The monoisotopic (exact) mass is 351 g/mol. The standard InChI is InChI=1S/C21H25N3O2/c1-16(19-9-3-2-4-10-19)23-21(26)22-14-17-7-5-8-18(13-17)15-24-12-6-11-20(24)25/h2-5,7-10,13,16H,6,11-12,14-15H2,1H3,(H2,22,23,26). The van der Waals surface area contributed by atoms with Crippen LogP contribution in [0.2, 0.25) is 0 Å². The molecule has 3 amide bonds. The molecule has 1 heterocycles. The van der Waals surface area contributed by atoms with Crippen molar-refractivity contribution in [1.82, 2.24) is 15.5 Å². The number of likely N-dealkylation sites (tertiary alicyclic amines) is 1. The van der Waals surface area contributed by atoms with Crippen molar-refractivity contribution in [3.8, 4) is 0 Å². The van der Waals surface area contributed by atoms with Gasteiger partial charge in [-0.2, -0.15) is 0 Å². The lowest BCUT2D eigenvalue weighted by molar-refractivity contribution is -0.128. The second kappa shape index (κ2) is 8.52. The predicted molar refractivity (Wildman–Crippen MR) is 101 cm³/mol. The molecule has 1 unspecified atom stereocenters. The van der Waals surface area contributed by atoms with E-state index in [1.807, 2.05) is 66.4 Å². The molecule has 1 saturated heterocycles. The van der Waals surface area contributed by atoms with Crippen molar-refractivity contribution < 1.29 is 9.59 Å². The highest BCUT2D eigenvalue weighted by Crippen LogP contribution is 2.15. The molecular weight excluding hydrogens is 326 g/mol. The van der Waals surface area contributed by atoms with E-state index in [-0.39, 0.29) is 18.0 Å². The van der Waals surface area contributed by atoms with Crippen molar-refractivity contribution in [3.05, 3.63) is 71.3 Å². The molecule has 1 atom stereocenters. The van der Waals surface area contributed by atoms with E-state index >= 15 is 0 Å². The Morgan fingerprint density at radius 1 is 1.12 bits per heavy atom. The Kier molecular flexibility index (Phi) is 5.89. The summed E-state index contributed by atoms with van der Waals surface area (Å²) in [5.41, 5.74) is 3.19. The van der Waals surface area contributed by atoms with Crippen LogP contribution in [0.5, 0.6) is 0 Å². The van der Waals surface area contributed by atoms with Crippen molar-refractivity contribution in [2.75, 3.05) is 6.54 Å². The highest BCUT2D eigenvalue weighted by Gasteiger charge is 2.19. The Labute approximate surface area is 154 Å². The van der Waals surface area contributed by atoms with Crippen LogP contribution in [-0.2, 0) is 17.9 Å². The van der Waals surface area contributed by atoms with E-state index in [9.17, 15) is 9.59 Å². The molecule has 0 saturated carbocycles. The van der Waals surface area contributed by atoms with Gasteiger partial charge in [-0.05, 0) is 30.0 Å². The highest BCUT2D eigenvalue weighted by molar-refractivity contribution is 5.78. The molecule has 3 rings (SSSR count). The summed E-state index contributed by atoms with van der Waals surface area (Å²) in [5, 5.41) is 5.84. The van der Waals surface area contributed by atoms with Crippen molar-refractivity contribution >= 4 is 11.9 Å². The average Bonchev–Trinajstić information content (AvgIpc) is 3.06. The first-order valence-electron chi connectivity index (χ1n) is 9.07. The third-order valence-corrected chi connectivity index (χ3v) is 4.64. The molecule has 0 aromatic heterocycles. The molecule has 2 aromatic carbocycles. The Morgan fingerprint density at radius 3 is 2.62 bits per heavy atom. The van der Waals surface area contributed by atoms with Crippen LogP contribution in [0.25, 0.3) is 0 Å². The molecule has 1 fully saturated rings. The zero-order valence-corrected chi connectivity index (χ0v) is 15.1. The summed E-state index contributed by atoms with van der Waals surface area (Å²) in [6.45, 7) is 3.89. The number of rotatable bonds is 6. The Bertz CT molecular complexity index is 761. The molecule has 5 heteroatoms. The number of nitrogens with one attached hydrogen (secondary N) is 2. The summed E-state index contributed by atoms with van der Waals surface area (Å²) in [4.78, 5) is 25.8. The second-order valence-electron chi connectivity index (χ2n) is 6.70. The normalized spacial score (nSPS) is 15.0. The molecule has 5 nitrogen and oxygen atoms in total. The summed E-state index contributed by atoms with van der Waals surface area (Å²) in [7, 11) is 0. The molecule has 0 spiro atoms. The smallest absolute Gasteiger partial charge is 0.315 e. The molecule has 1 aliphatic rings. The van der Waals surface area contributed by atoms with E-state index in [1.165, 1.54) is 0 Å². The summed E-state index contributed by atoms with van der Waals surface area (Å²) >= 11 is 0. The molecule has 0 bridgehead atoms. The van der Waals surface area contributed by atoms with Gasteiger partial charge in [0.1, 0.15) is 0 Å². The lowest BCUT2D eigenvalue weighted by atomic mass is 10.1. The van der Waals surface area contributed by atoms with Crippen LogP contribution in [0.1, 0.15) is 42.5 Å². The Hall–Kier alpha value is -2.82. The quantitative estimate of drug-likeness (QED) is 0.838. The molecule has 1 aliphatic heterocycles. The summed E-state index contributed by atoms with van der Waals surface area (Å²) in [5.74, 6) is 0.225. The van der Waals surface area contributed by atoms with Crippen LogP contribution >= 0.6 is 0 Å². The van der Waals surface area contributed by atoms with Gasteiger partial charge in [0.2, 0.25) is 5.91 Å². The van der Waals surface area contributed by atoms with E-state index < -0.39 is 0 Å². The summed E-state index contributed by atoms with van der Waals surface area (Å²) < 4.78 is 0. The third-order valence-electron chi connectivity index (χ3n) is 4.64. The number of amides is 3. The predicted octanol–water partition coefficient (Wildman–Crippen LogP) is 3.37. The minimum atomic E-state index is -0.193. The lowest BCUT2D eigenvalue weighted by Crippen LogP contribution is -2.36. The number of benzene rings is 2. The number of hydrogen-bond donors (Lipinski definition) is 2. The van der Waals surface area contributed by atoms with Crippen molar-refractivity contribution in [3.63, 3.8) is 0 Å². The van der Waals surface area contributed by atoms with Crippen LogP contribution in [0.4, 0.5) is 4.79 Å². The van der Waals surface area contributed by atoms with Gasteiger partial charge >= 0.3 is 6.03 Å². The number of nitrogens with zero attached hydrogens (tertiary/aromatic N) is 1. The maximum absolute atomic E-state index is 12.1. The second-order valence-corrected chi connectivity index (χ2v) is 6.70. The van der Waals surface area contributed by atoms with E-state index in [0.29, 0.717) is 19.5 Å². The number of carbonyl (C=O) groups is 2. The van der Waals surface area contributed by atoms with Crippen molar-refractivity contribution in [2.45, 2.75) is 38.9 Å². The van der Waals surface area contributed by atoms with Gasteiger partial charge in [-0.1, -0.05) is 54.6 Å². The van der Waals surface area contributed by atoms with Crippen LogP contribution in [0, 0.1) is 0 Å². The van der Waals surface area contributed by atoms with Crippen LogP contribution in [0.3, 0.4) is 0 Å². The number of hydrogen-bond acceptors (Lipinski definition) is 2. The lowest BCUT2D eigenvalue weighted by Gasteiger charge is -2.17. The Balaban J connectivity index is 1.50. The molecule has 2 aromatic rings. The van der Waals surface area contributed by atoms with Gasteiger partial charge < -0.3 is 15.5 Å². The first-order chi connectivity index (χ1) is 12.6. The largest absolute Gasteiger partial charge is 0.338 e. The van der Waals surface area contributed by atoms with Gasteiger partial charge in [0.25, 0.3) is 0 Å².